The van der Waals surface area contributed by atoms with Crippen LogP contribution in [-0.2, 0) is 18.1 Å². The maximum Gasteiger partial charge on any atom is 0.259 e. The first-order valence-electron chi connectivity index (χ1n) is 12.1. The first kappa shape index (κ1) is 32.6. The second-order valence-electron chi connectivity index (χ2n) is 8.82. The van der Waals surface area contributed by atoms with Gasteiger partial charge in [0.05, 0.1) is 51.4 Å². The van der Waals surface area contributed by atoms with Gasteiger partial charge in [0.1, 0.15) is 0 Å². The summed E-state index contributed by atoms with van der Waals surface area (Å²) in [5.41, 5.74) is 0. The number of nitriles is 2. The lowest BCUT2D eigenvalue weighted by molar-refractivity contribution is 0.167. The summed E-state index contributed by atoms with van der Waals surface area (Å²) < 4.78 is 28.6. The zero-order chi connectivity index (χ0) is 25.2. The van der Waals surface area contributed by atoms with E-state index in [-0.39, 0.29) is 0 Å². The molecule has 0 aliphatic heterocycles. The van der Waals surface area contributed by atoms with Crippen LogP contribution in [0.5, 0.6) is 0 Å². The molecule has 0 aromatic heterocycles. The highest BCUT2D eigenvalue weighted by Crippen LogP contribution is 2.47. The molecule has 2 atom stereocenters. The van der Waals surface area contributed by atoms with Crippen molar-refractivity contribution in [3.8, 4) is 12.1 Å². The lowest BCUT2D eigenvalue weighted by atomic mass is 10.2. The van der Waals surface area contributed by atoms with Crippen molar-refractivity contribution in [2.75, 3.05) is 26.4 Å². The largest absolute Gasteiger partial charge is 0.322 e. The smallest absolute Gasteiger partial charge is 0.259 e. The molecule has 33 heavy (non-hydrogen) atoms. The van der Waals surface area contributed by atoms with Crippen molar-refractivity contribution < 1.29 is 18.1 Å². The van der Waals surface area contributed by atoms with Crippen molar-refractivity contribution in [2.24, 2.45) is 0 Å². The molecule has 0 fully saturated rings. The van der Waals surface area contributed by atoms with E-state index in [4.69, 9.17) is 28.6 Å². The van der Waals surface area contributed by atoms with Gasteiger partial charge in [-0.2, -0.15) is 10.5 Å². The van der Waals surface area contributed by atoms with Crippen molar-refractivity contribution >= 4 is 17.1 Å². The predicted molar refractivity (Wildman–Crippen MR) is 136 cm³/mol. The Morgan fingerprint density at radius 1 is 0.545 bits per heavy atom. The van der Waals surface area contributed by atoms with Gasteiger partial charge in [-0.1, -0.05) is 0 Å². The molecule has 0 saturated heterocycles. The molecule has 10 heteroatoms. The van der Waals surface area contributed by atoms with E-state index in [1.165, 1.54) is 0 Å². The molecule has 0 heterocycles. The van der Waals surface area contributed by atoms with Gasteiger partial charge in [-0.25, -0.2) is 9.34 Å². The van der Waals surface area contributed by atoms with Crippen LogP contribution in [-0.4, -0.2) is 59.9 Å². The highest BCUT2D eigenvalue weighted by Gasteiger charge is 2.28. The highest BCUT2D eigenvalue weighted by molar-refractivity contribution is 7.44. The fourth-order valence-electron chi connectivity index (χ4n) is 3.29. The topological polar surface area (TPSA) is 91.0 Å². The summed E-state index contributed by atoms with van der Waals surface area (Å²) in [7, 11) is -2.36. The van der Waals surface area contributed by atoms with E-state index in [1.54, 1.807) is 0 Å². The summed E-state index contributed by atoms with van der Waals surface area (Å²) in [6.07, 6.45) is 3.55. The zero-order valence-electron chi connectivity index (χ0n) is 22.0. The first-order valence-corrected chi connectivity index (χ1v) is 14.4. The summed E-state index contributed by atoms with van der Waals surface area (Å²) in [5.74, 6) is 0. The summed E-state index contributed by atoms with van der Waals surface area (Å²) in [4.78, 5) is 0. The van der Waals surface area contributed by atoms with Gasteiger partial charge in [0, 0.05) is 24.2 Å². The SMILES string of the molecule is CC(C)N(C(C)C)P(OCCC#N)OCCCCCOP(OCCC#N)N(C(C)C)C(C)C. The molecule has 0 N–H and O–H groups in total. The van der Waals surface area contributed by atoms with Crippen LogP contribution >= 0.6 is 17.1 Å². The number of hydrogen-bond acceptors (Lipinski definition) is 8. The molecule has 0 aromatic rings. The minimum atomic E-state index is -1.18. The summed E-state index contributed by atoms with van der Waals surface area (Å²) in [5, 5.41) is 17.6. The van der Waals surface area contributed by atoms with Crippen LogP contribution in [0, 0.1) is 22.7 Å². The summed E-state index contributed by atoms with van der Waals surface area (Å²) in [6.45, 7) is 19.1. The molecular formula is C23H46N4O4P2. The number of rotatable bonds is 20. The molecule has 8 nitrogen and oxygen atoms in total. The molecule has 0 rings (SSSR count). The fraction of sp³-hybridized carbons (Fsp3) is 0.913. The van der Waals surface area contributed by atoms with Gasteiger partial charge in [0.15, 0.2) is 0 Å². The van der Waals surface area contributed by atoms with E-state index >= 15 is 0 Å². The first-order chi connectivity index (χ1) is 15.7. The Kier molecular flexibility index (Phi) is 19.6. The lowest BCUT2D eigenvalue weighted by Gasteiger charge is -2.35. The third-order valence-corrected chi connectivity index (χ3v) is 8.73. The van der Waals surface area contributed by atoms with Gasteiger partial charge >= 0.3 is 0 Å². The molecular weight excluding hydrogens is 458 g/mol. The number of unbranched alkanes of at least 4 members (excludes halogenated alkanes) is 2. The van der Waals surface area contributed by atoms with E-state index in [0.29, 0.717) is 63.4 Å². The molecule has 2 unspecified atom stereocenters. The van der Waals surface area contributed by atoms with Gasteiger partial charge in [-0.05, 0) is 74.7 Å². The minimum absolute atomic E-state index is 0.303. The van der Waals surface area contributed by atoms with E-state index in [0.717, 1.165) is 19.3 Å². The molecule has 0 aromatic carbocycles. The van der Waals surface area contributed by atoms with E-state index in [2.05, 4.69) is 76.9 Å². The van der Waals surface area contributed by atoms with Crippen molar-refractivity contribution in [1.29, 1.82) is 10.5 Å². The molecule has 0 spiro atoms. The van der Waals surface area contributed by atoms with Crippen LogP contribution in [0.1, 0.15) is 87.5 Å². The Morgan fingerprint density at radius 2 is 0.848 bits per heavy atom. The second kappa shape index (κ2) is 19.9. The lowest BCUT2D eigenvalue weighted by Crippen LogP contribution is -2.33. The maximum absolute atomic E-state index is 8.81. The second-order valence-corrected chi connectivity index (χ2v) is 11.7. The standard InChI is InChI=1S/C23H46N4O4P2/c1-20(2)26(21(3)4)32(30-18-12-14-24)28-16-10-9-11-17-29-33(31-19-13-15-25)27(22(5)6)23(7)8/h20-23H,9-13,16-19H2,1-8H3. The average Bonchev–Trinajstić information content (AvgIpc) is 2.71. The Balaban J connectivity index is 4.55. The third-order valence-electron chi connectivity index (χ3n) is 4.52. The van der Waals surface area contributed by atoms with Gasteiger partial charge in [0.2, 0.25) is 0 Å². The van der Waals surface area contributed by atoms with Gasteiger partial charge < -0.3 is 18.1 Å². The molecule has 192 valence electrons. The minimum Gasteiger partial charge on any atom is -0.322 e. The quantitative estimate of drug-likeness (QED) is 0.133. The Bertz CT molecular complexity index is 504. The van der Waals surface area contributed by atoms with Crippen LogP contribution in [0.25, 0.3) is 0 Å². The van der Waals surface area contributed by atoms with Crippen molar-refractivity contribution in [2.45, 2.75) is 112 Å². The molecule has 0 aliphatic carbocycles. The number of hydrogen-bond donors (Lipinski definition) is 0. The van der Waals surface area contributed by atoms with E-state index in [1.807, 2.05) is 0 Å². The number of nitrogens with zero attached hydrogens (tertiary/aromatic N) is 4. The van der Waals surface area contributed by atoms with Crippen LogP contribution < -0.4 is 0 Å². The molecule has 0 amide bonds. The molecule has 0 saturated carbocycles. The monoisotopic (exact) mass is 504 g/mol. The maximum atomic E-state index is 8.81. The molecule has 0 radical (unpaired) electrons. The van der Waals surface area contributed by atoms with Crippen molar-refractivity contribution in [3.63, 3.8) is 0 Å². The van der Waals surface area contributed by atoms with E-state index in [9.17, 15) is 0 Å². The summed E-state index contributed by atoms with van der Waals surface area (Å²) in [6, 6.07) is 5.46. The zero-order valence-corrected chi connectivity index (χ0v) is 23.8. The third kappa shape index (κ3) is 14.6. The average molecular weight is 505 g/mol. The Morgan fingerprint density at radius 3 is 1.12 bits per heavy atom. The van der Waals surface area contributed by atoms with Crippen LogP contribution in [0.3, 0.4) is 0 Å². The Hall–Kier alpha value is -0.400. The van der Waals surface area contributed by atoms with Gasteiger partial charge in [-0.15, -0.1) is 0 Å². The van der Waals surface area contributed by atoms with Crippen LogP contribution in [0.15, 0.2) is 0 Å². The molecule has 0 bridgehead atoms. The van der Waals surface area contributed by atoms with Crippen molar-refractivity contribution in [1.82, 2.24) is 9.34 Å². The molecule has 0 aliphatic rings. The van der Waals surface area contributed by atoms with Crippen LogP contribution in [0.4, 0.5) is 0 Å². The van der Waals surface area contributed by atoms with Gasteiger partial charge in [-0.3, -0.25) is 0 Å². The normalized spacial score (nSPS) is 13.9. The highest BCUT2D eigenvalue weighted by atomic mass is 31.2. The van der Waals surface area contributed by atoms with Crippen LogP contribution in [0.2, 0.25) is 0 Å². The summed E-state index contributed by atoms with van der Waals surface area (Å²) >= 11 is 0. The van der Waals surface area contributed by atoms with E-state index < -0.39 is 17.1 Å². The predicted octanol–water partition coefficient (Wildman–Crippen LogP) is 6.74. The van der Waals surface area contributed by atoms with Crippen molar-refractivity contribution in [3.05, 3.63) is 0 Å². The van der Waals surface area contributed by atoms with Gasteiger partial charge in [0.25, 0.3) is 17.1 Å². The Labute approximate surface area is 205 Å². The fourth-order valence-corrected chi connectivity index (χ4v) is 6.55.